The third-order valence-electron chi connectivity index (χ3n) is 5.73. The molecule has 5 nitrogen and oxygen atoms in total. The number of carboxylic acid groups (broad SMARTS) is 1. The van der Waals surface area contributed by atoms with Gasteiger partial charge in [0.1, 0.15) is 6.61 Å². The summed E-state index contributed by atoms with van der Waals surface area (Å²) in [6, 6.07) is 16.5. The topological polar surface area (TPSA) is 66.8 Å². The van der Waals surface area contributed by atoms with Gasteiger partial charge in [-0.1, -0.05) is 55.5 Å². The van der Waals surface area contributed by atoms with Gasteiger partial charge >= 0.3 is 12.1 Å². The molecule has 2 aromatic carbocycles. The van der Waals surface area contributed by atoms with Crippen LogP contribution in [0.2, 0.25) is 0 Å². The van der Waals surface area contributed by atoms with Crippen LogP contribution in [0.5, 0.6) is 0 Å². The fourth-order valence-electron chi connectivity index (χ4n) is 4.37. The van der Waals surface area contributed by atoms with Crippen LogP contribution in [0.25, 0.3) is 11.1 Å². The molecular formula is C22H23NO4. The smallest absolute Gasteiger partial charge is 0.409 e. The molecule has 1 aliphatic heterocycles. The molecule has 1 heterocycles. The molecule has 5 heteroatoms. The van der Waals surface area contributed by atoms with Crippen molar-refractivity contribution in [1.82, 2.24) is 4.90 Å². The monoisotopic (exact) mass is 365 g/mol. The maximum atomic E-state index is 12.6. The Kier molecular flexibility index (Phi) is 4.38. The molecule has 1 N–H and O–H groups in total. The number of carboxylic acids is 1. The van der Waals surface area contributed by atoms with Crippen LogP contribution in [-0.2, 0) is 9.53 Å². The van der Waals surface area contributed by atoms with Crippen LogP contribution in [-0.4, -0.2) is 41.8 Å². The second-order valence-corrected chi connectivity index (χ2v) is 7.86. The molecule has 140 valence electrons. The summed E-state index contributed by atoms with van der Waals surface area (Å²) in [5.74, 6) is -0.791. The Morgan fingerprint density at radius 1 is 1.11 bits per heavy atom. The van der Waals surface area contributed by atoms with Crippen molar-refractivity contribution in [2.75, 3.05) is 19.7 Å². The Balaban J connectivity index is 1.45. The van der Waals surface area contributed by atoms with Gasteiger partial charge in [0, 0.05) is 19.0 Å². The first-order valence-electron chi connectivity index (χ1n) is 9.29. The Labute approximate surface area is 158 Å². The lowest BCUT2D eigenvalue weighted by Gasteiger charge is -2.23. The lowest BCUT2D eigenvalue weighted by atomic mass is 9.86. The van der Waals surface area contributed by atoms with Crippen LogP contribution in [0.3, 0.4) is 0 Å². The summed E-state index contributed by atoms with van der Waals surface area (Å²) in [7, 11) is 0. The van der Waals surface area contributed by atoms with E-state index in [4.69, 9.17) is 9.84 Å². The van der Waals surface area contributed by atoms with Crippen LogP contribution < -0.4 is 0 Å². The van der Waals surface area contributed by atoms with E-state index in [2.05, 4.69) is 24.3 Å². The number of hydrogen-bond donors (Lipinski definition) is 1. The molecule has 0 saturated carbocycles. The maximum Gasteiger partial charge on any atom is 0.409 e. The van der Waals surface area contributed by atoms with Crippen molar-refractivity contribution in [1.29, 1.82) is 0 Å². The molecule has 27 heavy (non-hydrogen) atoms. The lowest BCUT2D eigenvalue weighted by molar-refractivity contribution is -0.139. The Morgan fingerprint density at radius 2 is 1.70 bits per heavy atom. The van der Waals surface area contributed by atoms with E-state index in [0.29, 0.717) is 26.1 Å². The maximum absolute atomic E-state index is 12.6. The van der Waals surface area contributed by atoms with Crippen LogP contribution in [0.4, 0.5) is 4.79 Å². The normalized spacial score (nSPS) is 21.0. The molecule has 1 saturated heterocycles. The second-order valence-electron chi connectivity index (χ2n) is 7.86. The molecule has 1 amide bonds. The van der Waals surface area contributed by atoms with Gasteiger partial charge in [0.25, 0.3) is 0 Å². The predicted molar refractivity (Wildman–Crippen MR) is 102 cm³/mol. The third kappa shape index (κ3) is 3.29. The zero-order valence-electron chi connectivity index (χ0n) is 15.4. The minimum atomic E-state index is -0.827. The Bertz CT molecular complexity index is 848. The highest BCUT2D eigenvalue weighted by atomic mass is 16.6. The molecule has 0 spiro atoms. The number of nitrogens with zero attached hydrogens (tertiary/aromatic N) is 1. The number of benzene rings is 2. The van der Waals surface area contributed by atoms with Crippen molar-refractivity contribution in [2.45, 2.75) is 25.7 Å². The van der Waals surface area contributed by atoms with Crippen LogP contribution in [0.1, 0.15) is 36.8 Å². The zero-order valence-corrected chi connectivity index (χ0v) is 15.4. The summed E-state index contributed by atoms with van der Waals surface area (Å²) in [6.07, 6.45) is 0.398. The fraction of sp³-hybridized carbons (Fsp3) is 0.364. The number of aliphatic carboxylic acids is 1. The predicted octanol–water partition coefficient (Wildman–Crippen LogP) is 4.12. The SMILES string of the molecule is CC1(CC(=O)O)CCN(C(=O)OCC2c3ccccc3-c3ccccc32)C1. The fourth-order valence-corrected chi connectivity index (χ4v) is 4.37. The van der Waals surface area contributed by atoms with Gasteiger partial charge in [0.05, 0.1) is 6.42 Å². The van der Waals surface area contributed by atoms with Crippen LogP contribution in [0, 0.1) is 5.41 Å². The van der Waals surface area contributed by atoms with E-state index >= 15 is 0 Å². The first kappa shape index (κ1) is 17.6. The molecule has 4 rings (SSSR count). The van der Waals surface area contributed by atoms with E-state index in [-0.39, 0.29) is 23.8 Å². The van der Waals surface area contributed by atoms with Crippen molar-refractivity contribution in [3.05, 3.63) is 59.7 Å². The standard InChI is InChI=1S/C22H23NO4/c1-22(12-20(24)25)10-11-23(14-22)21(26)27-13-19-17-8-4-2-6-15(17)16-7-3-5-9-18(16)19/h2-9,19H,10-14H2,1H3,(H,24,25). The summed E-state index contributed by atoms with van der Waals surface area (Å²) >= 11 is 0. The Morgan fingerprint density at radius 3 is 2.30 bits per heavy atom. The number of ether oxygens (including phenoxy) is 1. The van der Waals surface area contributed by atoms with E-state index in [1.54, 1.807) is 4.90 Å². The molecule has 0 radical (unpaired) electrons. The average Bonchev–Trinajstić information content (AvgIpc) is 3.18. The van der Waals surface area contributed by atoms with Crippen molar-refractivity contribution < 1.29 is 19.4 Å². The molecule has 2 aliphatic rings. The van der Waals surface area contributed by atoms with Gasteiger partial charge in [-0.05, 0) is 34.1 Å². The first-order valence-corrected chi connectivity index (χ1v) is 9.29. The van der Waals surface area contributed by atoms with Gasteiger partial charge < -0.3 is 14.7 Å². The zero-order chi connectivity index (χ0) is 19.0. The van der Waals surface area contributed by atoms with Gasteiger partial charge in [0.15, 0.2) is 0 Å². The number of fused-ring (bicyclic) bond motifs is 3. The molecule has 1 fully saturated rings. The quantitative estimate of drug-likeness (QED) is 0.885. The number of rotatable bonds is 4. The number of amides is 1. The van der Waals surface area contributed by atoms with Crippen molar-refractivity contribution >= 4 is 12.1 Å². The average molecular weight is 365 g/mol. The van der Waals surface area contributed by atoms with Crippen LogP contribution in [0.15, 0.2) is 48.5 Å². The summed E-state index contributed by atoms with van der Waals surface area (Å²) in [4.78, 5) is 25.2. The van der Waals surface area contributed by atoms with Gasteiger partial charge in [-0.25, -0.2) is 4.79 Å². The summed E-state index contributed by atoms with van der Waals surface area (Å²) in [5, 5.41) is 9.06. The number of carbonyl (C=O) groups excluding carboxylic acids is 1. The third-order valence-corrected chi connectivity index (χ3v) is 5.73. The largest absolute Gasteiger partial charge is 0.481 e. The number of carbonyl (C=O) groups is 2. The van der Waals surface area contributed by atoms with E-state index in [1.807, 2.05) is 31.2 Å². The highest BCUT2D eigenvalue weighted by Crippen LogP contribution is 2.44. The van der Waals surface area contributed by atoms with Crippen LogP contribution >= 0.6 is 0 Å². The van der Waals surface area contributed by atoms with Crippen molar-refractivity contribution in [3.8, 4) is 11.1 Å². The number of likely N-dealkylation sites (tertiary alicyclic amines) is 1. The highest BCUT2D eigenvalue weighted by molar-refractivity contribution is 5.79. The van der Waals surface area contributed by atoms with E-state index in [0.717, 1.165) is 0 Å². The van der Waals surface area contributed by atoms with Gasteiger partial charge in [0.2, 0.25) is 0 Å². The summed E-state index contributed by atoms with van der Waals surface area (Å²) < 4.78 is 5.66. The molecule has 0 bridgehead atoms. The highest BCUT2D eigenvalue weighted by Gasteiger charge is 2.39. The lowest BCUT2D eigenvalue weighted by Crippen LogP contribution is -2.33. The summed E-state index contributed by atoms with van der Waals surface area (Å²) in [6.45, 7) is 3.17. The van der Waals surface area contributed by atoms with Gasteiger partial charge in [-0.2, -0.15) is 0 Å². The van der Waals surface area contributed by atoms with E-state index < -0.39 is 5.97 Å². The van der Waals surface area contributed by atoms with Gasteiger partial charge in [-0.3, -0.25) is 4.79 Å². The molecule has 1 unspecified atom stereocenters. The van der Waals surface area contributed by atoms with Crippen molar-refractivity contribution in [3.63, 3.8) is 0 Å². The minimum absolute atomic E-state index is 0.0364. The van der Waals surface area contributed by atoms with E-state index in [9.17, 15) is 9.59 Å². The molecular weight excluding hydrogens is 342 g/mol. The molecule has 1 aliphatic carbocycles. The van der Waals surface area contributed by atoms with Gasteiger partial charge in [-0.15, -0.1) is 0 Å². The first-order chi connectivity index (χ1) is 13.0. The molecule has 1 atom stereocenters. The molecule has 2 aromatic rings. The second kappa shape index (κ2) is 6.72. The van der Waals surface area contributed by atoms with E-state index in [1.165, 1.54) is 22.3 Å². The number of hydrogen-bond acceptors (Lipinski definition) is 3. The molecule has 0 aromatic heterocycles. The minimum Gasteiger partial charge on any atom is -0.481 e. The summed E-state index contributed by atoms with van der Waals surface area (Å²) in [5.41, 5.74) is 4.39. The van der Waals surface area contributed by atoms with Crippen molar-refractivity contribution in [2.24, 2.45) is 5.41 Å². The Hall–Kier alpha value is -2.82.